The summed E-state index contributed by atoms with van der Waals surface area (Å²) in [4.78, 5) is 12.4. The lowest BCUT2D eigenvalue weighted by Gasteiger charge is -2.24. The molecule has 0 aliphatic carbocycles. The number of amides is 1. The second kappa shape index (κ2) is 5.75. The molecule has 0 fully saturated rings. The van der Waals surface area contributed by atoms with E-state index in [1.54, 1.807) is 0 Å². The molecule has 1 unspecified atom stereocenters. The molecule has 1 amide bonds. The Balaban J connectivity index is 2.71. The summed E-state index contributed by atoms with van der Waals surface area (Å²) in [6.45, 7) is 2.31. The van der Waals surface area contributed by atoms with Crippen molar-refractivity contribution in [2.24, 2.45) is 0 Å². The number of alkyl halides is 1. The number of nitrogens with zero attached hydrogens (tertiary/aromatic N) is 1. The Labute approximate surface area is 97.8 Å². The Morgan fingerprint density at radius 3 is 2.53 bits per heavy atom. The standard InChI is InChI=1S/C11H14BrNO2/c1-9(7-12)13(11(14)15)8-10-5-3-2-4-6-10/h2-6,9H,7-8H2,1H3,(H,14,15). The summed E-state index contributed by atoms with van der Waals surface area (Å²) in [5.41, 5.74) is 1.01. The minimum absolute atomic E-state index is 0.0253. The van der Waals surface area contributed by atoms with Gasteiger partial charge in [-0.05, 0) is 12.5 Å². The van der Waals surface area contributed by atoms with Crippen molar-refractivity contribution in [3.63, 3.8) is 0 Å². The van der Waals surface area contributed by atoms with Gasteiger partial charge in [0.15, 0.2) is 0 Å². The van der Waals surface area contributed by atoms with E-state index in [9.17, 15) is 4.79 Å². The largest absolute Gasteiger partial charge is 0.465 e. The molecule has 82 valence electrons. The number of rotatable bonds is 4. The van der Waals surface area contributed by atoms with Crippen LogP contribution < -0.4 is 0 Å². The fourth-order valence-corrected chi connectivity index (χ4v) is 1.62. The topological polar surface area (TPSA) is 40.5 Å². The van der Waals surface area contributed by atoms with Gasteiger partial charge in [-0.2, -0.15) is 0 Å². The second-order valence-corrected chi connectivity index (χ2v) is 4.05. The molecule has 0 heterocycles. The molecule has 1 aromatic carbocycles. The molecule has 1 atom stereocenters. The van der Waals surface area contributed by atoms with Gasteiger partial charge in [0.25, 0.3) is 0 Å². The number of carbonyl (C=O) groups is 1. The Morgan fingerprint density at radius 2 is 2.07 bits per heavy atom. The van der Waals surface area contributed by atoms with E-state index in [-0.39, 0.29) is 6.04 Å². The highest BCUT2D eigenvalue weighted by molar-refractivity contribution is 9.09. The zero-order valence-corrected chi connectivity index (χ0v) is 10.1. The van der Waals surface area contributed by atoms with Crippen LogP contribution in [0.15, 0.2) is 30.3 Å². The van der Waals surface area contributed by atoms with Crippen molar-refractivity contribution in [2.45, 2.75) is 19.5 Å². The fourth-order valence-electron chi connectivity index (χ4n) is 1.28. The molecule has 0 spiro atoms. The molecule has 15 heavy (non-hydrogen) atoms. The van der Waals surface area contributed by atoms with Gasteiger partial charge in [-0.15, -0.1) is 0 Å². The summed E-state index contributed by atoms with van der Waals surface area (Å²) in [7, 11) is 0. The Kier molecular flexibility index (Phi) is 4.62. The van der Waals surface area contributed by atoms with E-state index in [1.165, 1.54) is 4.90 Å². The van der Waals surface area contributed by atoms with Gasteiger partial charge in [0.2, 0.25) is 0 Å². The van der Waals surface area contributed by atoms with Crippen LogP contribution in [0.4, 0.5) is 4.79 Å². The summed E-state index contributed by atoms with van der Waals surface area (Å²) in [6, 6.07) is 9.57. The zero-order valence-electron chi connectivity index (χ0n) is 8.56. The van der Waals surface area contributed by atoms with E-state index in [0.717, 1.165) is 5.56 Å². The maximum atomic E-state index is 11.0. The average molecular weight is 272 g/mol. The zero-order chi connectivity index (χ0) is 11.3. The minimum Gasteiger partial charge on any atom is -0.465 e. The van der Waals surface area contributed by atoms with Crippen LogP contribution in [0.25, 0.3) is 0 Å². The van der Waals surface area contributed by atoms with Crippen LogP contribution in [-0.2, 0) is 6.54 Å². The predicted molar refractivity (Wildman–Crippen MR) is 63.3 cm³/mol. The number of hydrogen-bond donors (Lipinski definition) is 1. The molecule has 0 saturated carbocycles. The summed E-state index contributed by atoms with van der Waals surface area (Å²) in [5, 5.41) is 9.69. The molecule has 0 aliphatic rings. The smallest absolute Gasteiger partial charge is 0.407 e. The molecular formula is C11H14BrNO2. The lowest BCUT2D eigenvalue weighted by Crippen LogP contribution is -2.37. The van der Waals surface area contributed by atoms with E-state index >= 15 is 0 Å². The number of hydrogen-bond acceptors (Lipinski definition) is 1. The number of halogens is 1. The molecule has 0 aromatic heterocycles. The normalized spacial score (nSPS) is 12.1. The third kappa shape index (κ3) is 3.55. The van der Waals surface area contributed by atoms with Crippen molar-refractivity contribution in [1.29, 1.82) is 0 Å². The predicted octanol–water partition coefficient (Wildman–Crippen LogP) is 2.95. The van der Waals surface area contributed by atoms with Crippen molar-refractivity contribution in [3.05, 3.63) is 35.9 Å². The highest BCUT2D eigenvalue weighted by Gasteiger charge is 2.18. The minimum atomic E-state index is -0.884. The summed E-state index contributed by atoms with van der Waals surface area (Å²) in [6.07, 6.45) is -0.884. The first kappa shape index (κ1) is 12.0. The first-order valence-electron chi connectivity index (χ1n) is 4.74. The molecular weight excluding hydrogens is 258 g/mol. The van der Waals surface area contributed by atoms with Crippen LogP contribution in [-0.4, -0.2) is 27.5 Å². The average Bonchev–Trinajstić information content (AvgIpc) is 2.26. The van der Waals surface area contributed by atoms with Crippen LogP contribution in [0.2, 0.25) is 0 Å². The monoisotopic (exact) mass is 271 g/mol. The van der Waals surface area contributed by atoms with Gasteiger partial charge < -0.3 is 10.0 Å². The quantitative estimate of drug-likeness (QED) is 0.856. The Bertz CT molecular complexity index is 316. The molecule has 0 radical (unpaired) electrons. The molecule has 1 rings (SSSR count). The Morgan fingerprint density at radius 1 is 1.47 bits per heavy atom. The first-order valence-corrected chi connectivity index (χ1v) is 5.86. The van der Waals surface area contributed by atoms with Crippen molar-refractivity contribution in [3.8, 4) is 0 Å². The van der Waals surface area contributed by atoms with Crippen molar-refractivity contribution in [1.82, 2.24) is 4.90 Å². The van der Waals surface area contributed by atoms with Gasteiger partial charge in [0.05, 0.1) is 0 Å². The SMILES string of the molecule is CC(CBr)N(Cc1ccccc1)C(=O)O. The van der Waals surface area contributed by atoms with Crippen molar-refractivity contribution >= 4 is 22.0 Å². The van der Waals surface area contributed by atoms with Gasteiger partial charge >= 0.3 is 6.09 Å². The summed E-state index contributed by atoms with van der Waals surface area (Å²) in [5.74, 6) is 0. The summed E-state index contributed by atoms with van der Waals surface area (Å²) >= 11 is 3.29. The molecule has 3 nitrogen and oxygen atoms in total. The van der Waals surface area contributed by atoms with Crippen LogP contribution in [0.5, 0.6) is 0 Å². The molecule has 1 aromatic rings. The van der Waals surface area contributed by atoms with Gasteiger partial charge in [-0.1, -0.05) is 46.3 Å². The van der Waals surface area contributed by atoms with E-state index in [2.05, 4.69) is 15.9 Å². The maximum Gasteiger partial charge on any atom is 0.407 e. The van der Waals surface area contributed by atoms with Gasteiger partial charge in [-0.25, -0.2) is 4.79 Å². The number of carboxylic acid groups (broad SMARTS) is 1. The van der Waals surface area contributed by atoms with Crippen molar-refractivity contribution < 1.29 is 9.90 Å². The molecule has 0 bridgehead atoms. The number of benzene rings is 1. The summed E-state index contributed by atoms with van der Waals surface area (Å²) < 4.78 is 0. The maximum absolute atomic E-state index is 11.0. The third-order valence-corrected chi connectivity index (χ3v) is 3.13. The third-order valence-electron chi connectivity index (χ3n) is 2.20. The van der Waals surface area contributed by atoms with E-state index in [1.807, 2.05) is 37.3 Å². The van der Waals surface area contributed by atoms with Crippen LogP contribution >= 0.6 is 15.9 Å². The van der Waals surface area contributed by atoms with Crippen LogP contribution in [0.1, 0.15) is 12.5 Å². The van der Waals surface area contributed by atoms with Gasteiger partial charge in [0.1, 0.15) is 0 Å². The Hall–Kier alpha value is -1.03. The van der Waals surface area contributed by atoms with E-state index < -0.39 is 6.09 Å². The highest BCUT2D eigenvalue weighted by Crippen LogP contribution is 2.10. The van der Waals surface area contributed by atoms with Crippen molar-refractivity contribution in [2.75, 3.05) is 5.33 Å². The first-order chi connectivity index (χ1) is 7.15. The molecule has 1 N–H and O–H groups in total. The lowest BCUT2D eigenvalue weighted by molar-refractivity contribution is 0.129. The van der Waals surface area contributed by atoms with Crippen LogP contribution in [0, 0.1) is 0 Å². The fraction of sp³-hybridized carbons (Fsp3) is 0.364. The van der Waals surface area contributed by atoms with Crippen LogP contribution in [0.3, 0.4) is 0 Å². The lowest BCUT2D eigenvalue weighted by atomic mass is 10.2. The van der Waals surface area contributed by atoms with Gasteiger partial charge in [0, 0.05) is 17.9 Å². The molecule has 4 heteroatoms. The van der Waals surface area contributed by atoms with E-state index in [0.29, 0.717) is 11.9 Å². The van der Waals surface area contributed by atoms with E-state index in [4.69, 9.17) is 5.11 Å². The molecule has 0 saturated heterocycles. The highest BCUT2D eigenvalue weighted by atomic mass is 79.9. The van der Waals surface area contributed by atoms with Gasteiger partial charge in [-0.3, -0.25) is 0 Å². The molecule has 0 aliphatic heterocycles. The second-order valence-electron chi connectivity index (χ2n) is 3.40.